The summed E-state index contributed by atoms with van der Waals surface area (Å²) in [5, 5.41) is 8.80. The van der Waals surface area contributed by atoms with Crippen molar-refractivity contribution in [1.82, 2.24) is 9.80 Å². The van der Waals surface area contributed by atoms with E-state index >= 15 is 0 Å². The van der Waals surface area contributed by atoms with Crippen LogP contribution in [0.15, 0.2) is 103 Å². The Morgan fingerprint density at radius 1 is 0.660 bits per heavy atom. The summed E-state index contributed by atoms with van der Waals surface area (Å²) in [5.74, 6) is -1.24. The molecule has 12 heteroatoms. The fourth-order valence-electron chi connectivity index (χ4n) is 7.12. The molecule has 1 unspecified atom stereocenters. The molecule has 3 aliphatic heterocycles. The fraction of sp³-hybridized carbons (Fsp3) is 0.293. The maximum Gasteiger partial charge on any atom is 0.410 e. The quantitative estimate of drug-likeness (QED) is 0.181. The van der Waals surface area contributed by atoms with Crippen molar-refractivity contribution < 1.29 is 33.4 Å². The molecule has 0 aliphatic carbocycles. The highest BCUT2D eigenvalue weighted by Crippen LogP contribution is 2.34. The summed E-state index contributed by atoms with van der Waals surface area (Å²) in [7, 11) is 0. The molecule has 272 valence electrons. The van der Waals surface area contributed by atoms with Crippen LogP contribution in [0.1, 0.15) is 53.9 Å². The highest BCUT2D eigenvalue weighted by atomic mass is 16.6. The van der Waals surface area contributed by atoms with Crippen LogP contribution in [0, 0.1) is 0 Å². The van der Waals surface area contributed by atoms with E-state index in [2.05, 4.69) is 16.0 Å². The zero-order valence-electron chi connectivity index (χ0n) is 29.2. The number of fused-ring (bicyclic) bond motifs is 1. The van der Waals surface area contributed by atoms with Gasteiger partial charge in [-0.1, -0.05) is 78.9 Å². The van der Waals surface area contributed by atoms with E-state index in [1.807, 2.05) is 78.9 Å². The van der Waals surface area contributed by atoms with Crippen LogP contribution in [0.2, 0.25) is 0 Å². The number of carbonyl (C=O) groups is 5. The van der Waals surface area contributed by atoms with E-state index in [9.17, 15) is 24.0 Å². The highest BCUT2D eigenvalue weighted by molar-refractivity contribution is 6.01. The van der Waals surface area contributed by atoms with Crippen molar-refractivity contribution in [2.75, 3.05) is 29.0 Å². The first-order valence-corrected chi connectivity index (χ1v) is 17.9. The zero-order valence-corrected chi connectivity index (χ0v) is 29.2. The summed E-state index contributed by atoms with van der Waals surface area (Å²) in [4.78, 5) is 68.3. The average Bonchev–Trinajstić information content (AvgIpc) is 3.89. The standard InChI is InChI=1S/C41H41N5O7/c47-37-33(29-15-18-31(19-16-29)42-38(48)35-13-7-21-45(35)40(50)52-25-27-9-3-1-4-10-27)23-30-17-20-32(24-34(30)44-37)43-39(49)36-14-8-22-46(36)41(51)53-26-28-11-5-2-6-12-28/h1-6,9-12,15-20,24,33,35-36H,7-8,13-14,21-23,25-26H2,(H,42,48)(H,43,49)(H,44,47)/t33?,35-,36-/m0/s1. The lowest BCUT2D eigenvalue weighted by Crippen LogP contribution is -2.43. The second-order valence-electron chi connectivity index (χ2n) is 13.5. The van der Waals surface area contributed by atoms with E-state index in [0.29, 0.717) is 62.3 Å². The third kappa shape index (κ3) is 8.33. The first kappa shape index (κ1) is 35.2. The summed E-state index contributed by atoms with van der Waals surface area (Å²) in [5.41, 5.74) is 5.13. The van der Waals surface area contributed by atoms with Gasteiger partial charge in [-0.25, -0.2) is 9.59 Å². The number of carbonyl (C=O) groups excluding carboxylic acids is 5. The third-order valence-electron chi connectivity index (χ3n) is 9.95. The molecule has 0 radical (unpaired) electrons. The van der Waals surface area contributed by atoms with E-state index in [0.717, 1.165) is 22.3 Å². The minimum atomic E-state index is -0.653. The zero-order chi connectivity index (χ0) is 36.7. The van der Waals surface area contributed by atoms with Gasteiger partial charge in [0.2, 0.25) is 17.7 Å². The molecule has 5 amide bonds. The summed E-state index contributed by atoms with van der Waals surface area (Å²) in [6.45, 7) is 1.15. The second kappa shape index (κ2) is 16.0. The predicted octanol–water partition coefficient (Wildman–Crippen LogP) is 6.44. The van der Waals surface area contributed by atoms with Crippen LogP contribution < -0.4 is 16.0 Å². The number of anilines is 3. The van der Waals surface area contributed by atoms with Gasteiger partial charge in [0.15, 0.2) is 0 Å². The van der Waals surface area contributed by atoms with Crippen molar-refractivity contribution >= 4 is 47.0 Å². The lowest BCUT2D eigenvalue weighted by molar-refractivity contribution is -0.120. The predicted molar refractivity (Wildman–Crippen MR) is 198 cm³/mol. The maximum absolute atomic E-state index is 13.3. The van der Waals surface area contributed by atoms with Gasteiger partial charge in [0, 0.05) is 30.2 Å². The van der Waals surface area contributed by atoms with Crippen LogP contribution >= 0.6 is 0 Å². The van der Waals surface area contributed by atoms with Gasteiger partial charge < -0.3 is 25.4 Å². The lowest BCUT2D eigenvalue weighted by atomic mass is 9.87. The minimum absolute atomic E-state index is 0.131. The molecule has 3 atom stereocenters. The summed E-state index contributed by atoms with van der Waals surface area (Å²) in [6, 6.07) is 30.0. The number of nitrogens with one attached hydrogen (secondary N) is 3. The monoisotopic (exact) mass is 715 g/mol. The van der Waals surface area contributed by atoms with E-state index in [1.165, 1.54) is 9.80 Å². The first-order chi connectivity index (χ1) is 25.8. The topological polar surface area (TPSA) is 146 Å². The maximum atomic E-state index is 13.3. The number of rotatable bonds is 9. The van der Waals surface area contributed by atoms with Crippen LogP contribution in [-0.2, 0) is 43.5 Å². The Morgan fingerprint density at radius 3 is 1.72 bits per heavy atom. The molecule has 0 aromatic heterocycles. The smallest absolute Gasteiger partial charge is 0.410 e. The number of likely N-dealkylation sites (tertiary alicyclic amines) is 2. The number of hydrogen-bond acceptors (Lipinski definition) is 7. The van der Waals surface area contributed by atoms with Crippen LogP contribution in [0.5, 0.6) is 0 Å². The molecule has 4 aromatic rings. The third-order valence-corrected chi connectivity index (χ3v) is 9.95. The summed E-state index contributed by atoms with van der Waals surface area (Å²) in [6.07, 6.45) is 1.88. The molecule has 3 N–H and O–H groups in total. The van der Waals surface area contributed by atoms with Crippen LogP contribution in [0.25, 0.3) is 0 Å². The van der Waals surface area contributed by atoms with Crippen molar-refractivity contribution in [3.05, 3.63) is 125 Å². The molecule has 0 bridgehead atoms. The molecular weight excluding hydrogens is 674 g/mol. The number of benzene rings is 4. The van der Waals surface area contributed by atoms with Gasteiger partial charge in [-0.15, -0.1) is 0 Å². The number of amides is 5. The Bertz CT molecular complexity index is 1970. The fourth-order valence-corrected chi connectivity index (χ4v) is 7.12. The number of nitrogens with zero attached hydrogens (tertiary/aromatic N) is 2. The van der Waals surface area contributed by atoms with Crippen LogP contribution in [-0.4, -0.2) is 64.9 Å². The van der Waals surface area contributed by atoms with Crippen molar-refractivity contribution in [3.8, 4) is 0 Å². The molecular formula is C41H41N5O7. The van der Waals surface area contributed by atoms with Crippen molar-refractivity contribution in [1.29, 1.82) is 0 Å². The molecule has 0 spiro atoms. The highest BCUT2D eigenvalue weighted by Gasteiger charge is 2.37. The molecule has 0 saturated carbocycles. The molecule has 53 heavy (non-hydrogen) atoms. The van der Waals surface area contributed by atoms with Gasteiger partial charge >= 0.3 is 12.2 Å². The summed E-state index contributed by atoms with van der Waals surface area (Å²) >= 11 is 0. The van der Waals surface area contributed by atoms with Crippen molar-refractivity contribution in [2.24, 2.45) is 0 Å². The Kier molecular flexibility index (Phi) is 10.7. The number of hydrogen-bond donors (Lipinski definition) is 3. The molecule has 2 fully saturated rings. The summed E-state index contributed by atoms with van der Waals surface area (Å²) < 4.78 is 10.9. The van der Waals surface area contributed by atoms with Gasteiger partial charge in [0.05, 0.1) is 5.92 Å². The first-order valence-electron chi connectivity index (χ1n) is 17.9. The Morgan fingerprint density at radius 2 is 1.17 bits per heavy atom. The Balaban J connectivity index is 0.919. The van der Waals surface area contributed by atoms with Gasteiger partial charge in [0.1, 0.15) is 25.3 Å². The van der Waals surface area contributed by atoms with Gasteiger partial charge in [-0.3, -0.25) is 24.2 Å². The van der Waals surface area contributed by atoms with E-state index < -0.39 is 30.2 Å². The molecule has 12 nitrogen and oxygen atoms in total. The SMILES string of the molecule is O=C1Nc2cc(NC(=O)[C@@H]3CCCN3C(=O)OCc3ccccc3)ccc2CC1c1ccc(NC(=O)[C@@H]2CCCN2C(=O)OCc2ccccc2)cc1. The lowest BCUT2D eigenvalue weighted by Gasteiger charge is -2.26. The molecule has 3 aliphatic rings. The Labute approximate surface area is 307 Å². The van der Waals surface area contributed by atoms with Gasteiger partial charge in [-0.2, -0.15) is 0 Å². The molecule has 7 rings (SSSR count). The van der Waals surface area contributed by atoms with E-state index in [4.69, 9.17) is 9.47 Å². The second-order valence-corrected chi connectivity index (χ2v) is 13.5. The minimum Gasteiger partial charge on any atom is -0.445 e. The van der Waals surface area contributed by atoms with Crippen molar-refractivity contribution in [2.45, 2.75) is 63.3 Å². The average molecular weight is 716 g/mol. The van der Waals surface area contributed by atoms with Crippen LogP contribution in [0.4, 0.5) is 26.7 Å². The molecule has 4 aromatic carbocycles. The normalized spacial score (nSPS) is 19.2. The van der Waals surface area contributed by atoms with Crippen LogP contribution in [0.3, 0.4) is 0 Å². The van der Waals surface area contributed by atoms with Crippen molar-refractivity contribution in [3.63, 3.8) is 0 Å². The van der Waals surface area contributed by atoms with Gasteiger partial charge in [-0.05, 0) is 78.6 Å². The Hall–Kier alpha value is -6.17. The largest absolute Gasteiger partial charge is 0.445 e. The van der Waals surface area contributed by atoms with E-state index in [1.54, 1.807) is 24.3 Å². The van der Waals surface area contributed by atoms with Gasteiger partial charge in [0.25, 0.3) is 0 Å². The molecule has 3 heterocycles. The number of ether oxygens (including phenoxy) is 2. The van der Waals surface area contributed by atoms with E-state index in [-0.39, 0.29) is 30.9 Å². The molecule has 2 saturated heterocycles.